The molecule has 1 amide bonds. The molecule has 0 saturated carbocycles. The van der Waals surface area contributed by atoms with Crippen molar-refractivity contribution >= 4 is 23.4 Å². The number of nitro benzene ring substituents is 1. The lowest BCUT2D eigenvalue weighted by molar-refractivity contribution is -0.384. The molecular weight excluding hydrogens is 430 g/mol. The lowest BCUT2D eigenvalue weighted by Gasteiger charge is -2.19. The van der Waals surface area contributed by atoms with Crippen molar-refractivity contribution < 1.29 is 28.7 Å². The van der Waals surface area contributed by atoms with Crippen molar-refractivity contribution in [3.8, 4) is 29.1 Å². The highest BCUT2D eigenvalue weighted by Crippen LogP contribution is 2.39. The van der Waals surface area contributed by atoms with Gasteiger partial charge in [0.1, 0.15) is 30.5 Å². The summed E-state index contributed by atoms with van der Waals surface area (Å²) in [5.41, 5.74) is -0.191. The summed E-state index contributed by atoms with van der Waals surface area (Å²) in [5, 5.41) is 23.4. The molecule has 1 aliphatic rings. The summed E-state index contributed by atoms with van der Waals surface area (Å²) in [6.07, 6.45) is 2.20. The molecule has 0 aromatic heterocycles. The molecule has 33 heavy (non-hydrogen) atoms. The second-order valence-electron chi connectivity index (χ2n) is 6.88. The smallest absolute Gasteiger partial charge is 0.296 e. The molecule has 0 radical (unpaired) electrons. The Bertz CT molecular complexity index is 1120. The fraction of sp³-hybridized carbons (Fsp3) is 0.304. The van der Waals surface area contributed by atoms with Gasteiger partial charge in [-0.05, 0) is 37.1 Å². The van der Waals surface area contributed by atoms with E-state index in [1.807, 2.05) is 19.9 Å². The van der Waals surface area contributed by atoms with Crippen molar-refractivity contribution in [3.05, 3.63) is 51.6 Å². The van der Waals surface area contributed by atoms with Crippen molar-refractivity contribution in [2.24, 2.45) is 0 Å². The summed E-state index contributed by atoms with van der Waals surface area (Å²) in [6, 6.07) is 9.37. The first-order valence-electron chi connectivity index (χ1n) is 10.4. The lowest BCUT2D eigenvalue weighted by Crippen LogP contribution is -2.18. The third kappa shape index (κ3) is 5.71. The van der Waals surface area contributed by atoms with E-state index in [1.54, 1.807) is 18.2 Å². The first-order chi connectivity index (χ1) is 16.0. The van der Waals surface area contributed by atoms with E-state index in [0.717, 1.165) is 6.42 Å². The Balaban J connectivity index is 1.88. The van der Waals surface area contributed by atoms with Crippen LogP contribution in [0.15, 0.2) is 35.9 Å². The highest BCUT2D eigenvalue weighted by Gasteiger charge is 2.24. The molecule has 172 valence electrons. The number of hydrogen-bond donors (Lipinski definition) is 1. The minimum absolute atomic E-state index is 0.103. The Kier molecular flexibility index (Phi) is 7.70. The van der Waals surface area contributed by atoms with E-state index in [0.29, 0.717) is 30.3 Å². The number of anilines is 1. The van der Waals surface area contributed by atoms with E-state index < -0.39 is 10.8 Å². The maximum atomic E-state index is 12.8. The molecule has 1 heterocycles. The van der Waals surface area contributed by atoms with E-state index in [9.17, 15) is 20.2 Å². The molecule has 0 spiro atoms. The summed E-state index contributed by atoms with van der Waals surface area (Å²) in [6.45, 7) is 5.30. The van der Waals surface area contributed by atoms with Crippen molar-refractivity contribution in [1.29, 1.82) is 5.26 Å². The number of amides is 1. The third-order valence-corrected chi connectivity index (χ3v) is 4.51. The molecule has 2 aromatic rings. The normalized spacial score (nSPS) is 12.5. The topological polar surface area (TPSA) is 133 Å². The van der Waals surface area contributed by atoms with Crippen molar-refractivity contribution in [2.75, 3.05) is 31.7 Å². The molecule has 0 aliphatic carbocycles. The number of ether oxygens (including phenoxy) is 4. The Morgan fingerprint density at radius 3 is 2.55 bits per heavy atom. The van der Waals surface area contributed by atoms with Gasteiger partial charge in [0.2, 0.25) is 0 Å². The molecule has 0 unspecified atom stereocenters. The van der Waals surface area contributed by atoms with Crippen LogP contribution in [-0.2, 0) is 4.79 Å². The quantitative estimate of drug-likeness (QED) is 0.260. The van der Waals surface area contributed by atoms with Crippen LogP contribution in [0.1, 0.15) is 25.8 Å². The first kappa shape index (κ1) is 23.4. The van der Waals surface area contributed by atoms with Crippen LogP contribution in [0, 0.1) is 21.4 Å². The Labute approximate surface area is 190 Å². The molecular formula is C23H23N3O7. The molecule has 3 rings (SSSR count). The van der Waals surface area contributed by atoms with E-state index in [4.69, 9.17) is 18.9 Å². The van der Waals surface area contributed by atoms with Crippen LogP contribution >= 0.6 is 0 Å². The second kappa shape index (κ2) is 10.9. The number of rotatable bonds is 9. The number of nitrogens with one attached hydrogen (secondary N) is 1. The number of nitriles is 1. The summed E-state index contributed by atoms with van der Waals surface area (Å²) >= 11 is 0. The average Bonchev–Trinajstić information content (AvgIpc) is 2.81. The van der Waals surface area contributed by atoms with Crippen LogP contribution in [0.5, 0.6) is 23.0 Å². The number of carbonyl (C=O) groups is 1. The fourth-order valence-electron chi connectivity index (χ4n) is 3.05. The molecule has 0 fully saturated rings. The van der Waals surface area contributed by atoms with E-state index in [-0.39, 0.29) is 41.7 Å². The fourth-order valence-corrected chi connectivity index (χ4v) is 3.05. The van der Waals surface area contributed by atoms with Gasteiger partial charge in [-0.2, -0.15) is 5.26 Å². The lowest BCUT2D eigenvalue weighted by atomic mass is 10.1. The van der Waals surface area contributed by atoms with Gasteiger partial charge >= 0.3 is 0 Å². The van der Waals surface area contributed by atoms with Gasteiger partial charge in [0.25, 0.3) is 11.6 Å². The Hall–Kier alpha value is -4.26. The Morgan fingerprint density at radius 2 is 1.91 bits per heavy atom. The zero-order chi connectivity index (χ0) is 23.8. The number of nitrogens with zero attached hydrogens (tertiary/aromatic N) is 2. The number of nitro groups is 1. The van der Waals surface area contributed by atoms with Crippen LogP contribution in [0.4, 0.5) is 11.4 Å². The van der Waals surface area contributed by atoms with Gasteiger partial charge in [0.15, 0.2) is 23.0 Å². The van der Waals surface area contributed by atoms with Crippen LogP contribution in [0.2, 0.25) is 0 Å². The van der Waals surface area contributed by atoms with Crippen LogP contribution < -0.4 is 24.3 Å². The van der Waals surface area contributed by atoms with Gasteiger partial charge in [-0.15, -0.1) is 0 Å². The molecule has 0 saturated heterocycles. The number of fused-ring (bicyclic) bond motifs is 1. The highest BCUT2D eigenvalue weighted by molar-refractivity contribution is 6.10. The summed E-state index contributed by atoms with van der Waals surface area (Å²) in [4.78, 5) is 23.6. The maximum absolute atomic E-state index is 12.8. The predicted octanol–water partition coefficient (Wildman–Crippen LogP) is 4.10. The summed E-state index contributed by atoms with van der Waals surface area (Å²) < 4.78 is 22.1. The van der Waals surface area contributed by atoms with Crippen molar-refractivity contribution in [2.45, 2.75) is 20.3 Å². The van der Waals surface area contributed by atoms with Gasteiger partial charge in [0.05, 0.1) is 24.2 Å². The van der Waals surface area contributed by atoms with Crippen LogP contribution in [0.3, 0.4) is 0 Å². The van der Waals surface area contributed by atoms with Crippen molar-refractivity contribution in [1.82, 2.24) is 0 Å². The molecule has 10 nitrogen and oxygen atoms in total. The minimum atomic E-state index is -0.804. The van der Waals surface area contributed by atoms with Crippen LogP contribution in [-0.4, -0.2) is 37.3 Å². The van der Waals surface area contributed by atoms with E-state index in [1.165, 1.54) is 18.2 Å². The third-order valence-electron chi connectivity index (χ3n) is 4.51. The standard InChI is InChI=1S/C23H23N3O7/c1-3-7-31-19-6-5-15(11-20(19)30-4-2)10-16(14-24)23(27)25-17-12-21-22(33-9-8-32-21)13-18(17)26(28)29/h5-6,10-13H,3-4,7-9H2,1-2H3,(H,25,27)/b16-10-. The largest absolute Gasteiger partial charge is 0.490 e. The highest BCUT2D eigenvalue weighted by atomic mass is 16.6. The van der Waals surface area contributed by atoms with Gasteiger partial charge in [0, 0.05) is 6.07 Å². The van der Waals surface area contributed by atoms with E-state index in [2.05, 4.69) is 5.32 Å². The molecule has 0 atom stereocenters. The maximum Gasteiger partial charge on any atom is 0.296 e. The molecule has 0 bridgehead atoms. The molecule has 10 heteroatoms. The number of benzene rings is 2. The zero-order valence-electron chi connectivity index (χ0n) is 18.3. The SMILES string of the molecule is CCCOc1ccc(/C=C(/C#N)C(=O)Nc2cc3c(cc2[N+](=O)[O-])OCCO3)cc1OCC. The monoisotopic (exact) mass is 453 g/mol. The van der Waals surface area contributed by atoms with Gasteiger partial charge in [-0.3, -0.25) is 14.9 Å². The minimum Gasteiger partial charge on any atom is -0.490 e. The van der Waals surface area contributed by atoms with Gasteiger partial charge < -0.3 is 24.3 Å². The number of hydrogen-bond acceptors (Lipinski definition) is 8. The Morgan fingerprint density at radius 1 is 1.18 bits per heavy atom. The zero-order valence-corrected chi connectivity index (χ0v) is 18.3. The molecule has 2 aromatic carbocycles. The predicted molar refractivity (Wildman–Crippen MR) is 120 cm³/mol. The average molecular weight is 453 g/mol. The van der Waals surface area contributed by atoms with Crippen LogP contribution in [0.25, 0.3) is 6.08 Å². The van der Waals surface area contributed by atoms with Gasteiger partial charge in [-0.25, -0.2) is 0 Å². The first-order valence-corrected chi connectivity index (χ1v) is 10.4. The number of carbonyl (C=O) groups excluding carboxylic acids is 1. The summed E-state index contributed by atoms with van der Waals surface area (Å²) in [5.74, 6) is 0.733. The second-order valence-corrected chi connectivity index (χ2v) is 6.88. The van der Waals surface area contributed by atoms with Gasteiger partial charge in [-0.1, -0.05) is 13.0 Å². The molecule has 1 aliphatic heterocycles. The summed E-state index contributed by atoms with van der Waals surface area (Å²) in [7, 11) is 0. The van der Waals surface area contributed by atoms with Crippen molar-refractivity contribution in [3.63, 3.8) is 0 Å². The molecule has 1 N–H and O–H groups in total. The van der Waals surface area contributed by atoms with E-state index >= 15 is 0 Å².